The quantitative estimate of drug-likeness (QED) is 0.833. The minimum atomic E-state index is -0.0990. The minimum Gasteiger partial charge on any atom is -0.364 e. The largest absolute Gasteiger partial charge is 0.364 e. The molecule has 2 N–H and O–H groups in total. The molecule has 1 aromatic carbocycles. The highest BCUT2D eigenvalue weighted by Gasteiger charge is 2.03. The Hall–Kier alpha value is -1.61. The molecule has 0 spiro atoms. The monoisotopic (exact) mass is 232 g/mol. The predicted molar refractivity (Wildman–Crippen MR) is 67.2 cm³/mol. The maximum Gasteiger partial charge on any atom is 0.129 e. The highest BCUT2D eigenvalue weighted by molar-refractivity contribution is 5.30. The van der Waals surface area contributed by atoms with Crippen LogP contribution in [0, 0.1) is 19.7 Å². The molecule has 0 aliphatic rings. The van der Waals surface area contributed by atoms with Crippen molar-refractivity contribution in [1.29, 1.82) is 0 Å². The van der Waals surface area contributed by atoms with Crippen molar-refractivity contribution in [2.45, 2.75) is 26.9 Å². The zero-order chi connectivity index (χ0) is 12.3. The zero-order valence-electron chi connectivity index (χ0n) is 10.2. The first-order chi connectivity index (χ1) is 8.16. The normalized spacial score (nSPS) is 10.8. The van der Waals surface area contributed by atoms with Gasteiger partial charge in [0.15, 0.2) is 0 Å². The summed E-state index contributed by atoms with van der Waals surface area (Å²) < 4.78 is 13.4. The lowest BCUT2D eigenvalue weighted by molar-refractivity contribution is 0.605. The maximum atomic E-state index is 13.4. The number of benzene rings is 1. The molecule has 0 atom stereocenters. The highest BCUT2D eigenvalue weighted by Crippen LogP contribution is 2.14. The lowest BCUT2D eigenvalue weighted by Crippen LogP contribution is -2.13. The average Bonchev–Trinajstić information content (AvgIpc) is 2.79. The molecule has 0 saturated carbocycles. The second-order valence-corrected chi connectivity index (χ2v) is 4.34. The van der Waals surface area contributed by atoms with Gasteiger partial charge in [-0.3, -0.25) is 0 Å². The first-order valence-electron chi connectivity index (χ1n) is 5.75. The van der Waals surface area contributed by atoms with E-state index >= 15 is 0 Å². The number of halogens is 1. The summed E-state index contributed by atoms with van der Waals surface area (Å²) in [7, 11) is 0. The van der Waals surface area contributed by atoms with Gasteiger partial charge in [0.05, 0.1) is 0 Å². The summed E-state index contributed by atoms with van der Waals surface area (Å²) in [6, 6.07) is 7.80. The number of rotatable bonds is 4. The van der Waals surface area contributed by atoms with Crippen LogP contribution < -0.4 is 5.32 Å². The van der Waals surface area contributed by atoms with Crippen LogP contribution in [0.15, 0.2) is 30.5 Å². The van der Waals surface area contributed by atoms with E-state index in [1.807, 2.05) is 30.5 Å². The molecule has 0 unspecified atom stereocenters. The molecule has 1 aromatic heterocycles. The van der Waals surface area contributed by atoms with Gasteiger partial charge in [-0.15, -0.1) is 0 Å². The Morgan fingerprint density at radius 1 is 1.18 bits per heavy atom. The number of H-pyrrole nitrogens is 1. The third-order valence-electron chi connectivity index (χ3n) is 2.80. The van der Waals surface area contributed by atoms with E-state index in [4.69, 9.17) is 0 Å². The number of aromatic amines is 1. The van der Waals surface area contributed by atoms with E-state index in [2.05, 4.69) is 10.3 Å². The summed E-state index contributed by atoms with van der Waals surface area (Å²) in [5.41, 5.74) is 3.69. The second-order valence-electron chi connectivity index (χ2n) is 4.34. The van der Waals surface area contributed by atoms with Crippen LogP contribution in [0.1, 0.15) is 22.4 Å². The van der Waals surface area contributed by atoms with Gasteiger partial charge in [-0.2, -0.15) is 0 Å². The first-order valence-corrected chi connectivity index (χ1v) is 5.75. The second kappa shape index (κ2) is 5.15. The van der Waals surface area contributed by atoms with Gasteiger partial charge in [0.1, 0.15) is 5.82 Å². The van der Waals surface area contributed by atoms with Gasteiger partial charge in [0, 0.05) is 25.0 Å². The smallest absolute Gasteiger partial charge is 0.129 e. The Balaban J connectivity index is 1.95. The van der Waals surface area contributed by atoms with E-state index in [0.717, 1.165) is 24.3 Å². The predicted octanol–water partition coefficient (Wildman–Crippen LogP) is 3.06. The maximum absolute atomic E-state index is 13.4. The molecule has 2 nitrogen and oxygen atoms in total. The minimum absolute atomic E-state index is 0.0990. The summed E-state index contributed by atoms with van der Waals surface area (Å²) in [6.45, 7) is 5.15. The molecule has 3 heteroatoms. The molecule has 0 amide bonds. The van der Waals surface area contributed by atoms with Gasteiger partial charge in [0.25, 0.3) is 0 Å². The van der Waals surface area contributed by atoms with Crippen molar-refractivity contribution < 1.29 is 4.39 Å². The Morgan fingerprint density at radius 2 is 1.88 bits per heavy atom. The van der Waals surface area contributed by atoms with Crippen LogP contribution in [-0.2, 0) is 13.1 Å². The van der Waals surface area contributed by atoms with E-state index in [0.29, 0.717) is 11.1 Å². The molecule has 0 saturated heterocycles. The molecule has 0 radical (unpaired) electrons. The Labute approximate surface area is 101 Å². The SMILES string of the molecule is Cc1cc(CNCc2ccc[nH]2)cc(C)c1F. The molecule has 17 heavy (non-hydrogen) atoms. The summed E-state index contributed by atoms with van der Waals surface area (Å²) in [6.07, 6.45) is 1.91. The summed E-state index contributed by atoms with van der Waals surface area (Å²) in [5, 5.41) is 3.32. The summed E-state index contributed by atoms with van der Waals surface area (Å²) in [5.74, 6) is -0.0990. The van der Waals surface area contributed by atoms with Gasteiger partial charge in [-0.1, -0.05) is 12.1 Å². The van der Waals surface area contributed by atoms with Gasteiger partial charge in [-0.05, 0) is 42.7 Å². The topological polar surface area (TPSA) is 27.8 Å². The lowest BCUT2D eigenvalue weighted by atomic mass is 10.1. The third kappa shape index (κ3) is 2.94. The van der Waals surface area contributed by atoms with Crippen LogP contribution >= 0.6 is 0 Å². The fourth-order valence-corrected chi connectivity index (χ4v) is 1.96. The molecule has 0 aliphatic heterocycles. The van der Waals surface area contributed by atoms with Gasteiger partial charge in [0.2, 0.25) is 0 Å². The lowest BCUT2D eigenvalue weighted by Gasteiger charge is -2.08. The van der Waals surface area contributed by atoms with E-state index in [1.165, 1.54) is 0 Å². The van der Waals surface area contributed by atoms with Crippen LogP contribution in [0.25, 0.3) is 0 Å². The molecule has 0 bridgehead atoms. The van der Waals surface area contributed by atoms with E-state index in [1.54, 1.807) is 13.8 Å². The molecule has 90 valence electrons. The Morgan fingerprint density at radius 3 is 2.47 bits per heavy atom. The third-order valence-corrected chi connectivity index (χ3v) is 2.80. The Kier molecular flexibility index (Phi) is 3.59. The van der Waals surface area contributed by atoms with Crippen molar-refractivity contribution in [2.75, 3.05) is 0 Å². The van der Waals surface area contributed by atoms with Crippen molar-refractivity contribution in [3.63, 3.8) is 0 Å². The van der Waals surface area contributed by atoms with Gasteiger partial charge < -0.3 is 10.3 Å². The summed E-state index contributed by atoms with van der Waals surface area (Å²) in [4.78, 5) is 3.13. The average molecular weight is 232 g/mol. The van der Waals surface area contributed by atoms with Crippen LogP contribution in [0.3, 0.4) is 0 Å². The molecule has 2 rings (SSSR count). The fraction of sp³-hybridized carbons (Fsp3) is 0.286. The molecular formula is C14H17FN2. The molecular weight excluding hydrogens is 215 g/mol. The highest BCUT2D eigenvalue weighted by atomic mass is 19.1. The van der Waals surface area contributed by atoms with Crippen molar-refractivity contribution in [2.24, 2.45) is 0 Å². The van der Waals surface area contributed by atoms with Crippen molar-refractivity contribution in [3.05, 3.63) is 58.7 Å². The number of hydrogen-bond acceptors (Lipinski definition) is 1. The fourth-order valence-electron chi connectivity index (χ4n) is 1.96. The number of hydrogen-bond donors (Lipinski definition) is 2. The van der Waals surface area contributed by atoms with Gasteiger partial charge in [-0.25, -0.2) is 4.39 Å². The van der Waals surface area contributed by atoms with Crippen LogP contribution in [0.2, 0.25) is 0 Å². The van der Waals surface area contributed by atoms with Crippen molar-refractivity contribution >= 4 is 0 Å². The van der Waals surface area contributed by atoms with Crippen molar-refractivity contribution in [1.82, 2.24) is 10.3 Å². The first kappa shape index (κ1) is 11.9. The molecule has 1 heterocycles. The molecule has 0 aliphatic carbocycles. The number of aromatic nitrogens is 1. The number of nitrogens with one attached hydrogen (secondary N) is 2. The van der Waals surface area contributed by atoms with E-state index in [-0.39, 0.29) is 5.82 Å². The van der Waals surface area contributed by atoms with E-state index in [9.17, 15) is 4.39 Å². The van der Waals surface area contributed by atoms with Crippen molar-refractivity contribution in [3.8, 4) is 0 Å². The zero-order valence-corrected chi connectivity index (χ0v) is 10.2. The summed E-state index contributed by atoms with van der Waals surface area (Å²) >= 11 is 0. The molecule has 2 aromatic rings. The van der Waals surface area contributed by atoms with Gasteiger partial charge >= 0.3 is 0 Å². The van der Waals surface area contributed by atoms with Crippen LogP contribution in [0.4, 0.5) is 4.39 Å². The standard InChI is InChI=1S/C14H17FN2/c1-10-6-12(7-11(2)14(10)15)8-16-9-13-4-3-5-17-13/h3-7,16-17H,8-9H2,1-2H3. The molecule has 0 fully saturated rings. The van der Waals surface area contributed by atoms with Crippen LogP contribution in [-0.4, -0.2) is 4.98 Å². The van der Waals surface area contributed by atoms with Crippen LogP contribution in [0.5, 0.6) is 0 Å². The van der Waals surface area contributed by atoms with E-state index < -0.39 is 0 Å². The number of aryl methyl sites for hydroxylation is 2. The Bertz CT molecular complexity index is 466.